The Morgan fingerprint density at radius 3 is 2.66 bits per heavy atom. The summed E-state index contributed by atoms with van der Waals surface area (Å²) in [5.74, 6) is -2.99. The van der Waals surface area contributed by atoms with E-state index in [4.69, 9.17) is 0 Å². The summed E-state index contributed by atoms with van der Waals surface area (Å²) < 4.78 is 54.7. The number of rotatable bonds is 6. The Hall–Kier alpha value is -3.56. The highest BCUT2D eigenvalue weighted by Gasteiger charge is 2.23. The van der Waals surface area contributed by atoms with Crippen molar-refractivity contribution in [2.75, 3.05) is 24.5 Å². The lowest BCUT2D eigenvalue weighted by molar-refractivity contribution is 0.239. The number of benzene rings is 2. The van der Waals surface area contributed by atoms with Crippen LogP contribution in [0.15, 0.2) is 48.8 Å². The number of anilines is 1. The zero-order chi connectivity index (χ0) is 22.7. The number of carbonyl (C=O) groups excluding carboxylic acids is 1. The maximum Gasteiger partial charge on any atom is 0.315 e. The van der Waals surface area contributed by atoms with Gasteiger partial charge in [0.05, 0.1) is 6.20 Å². The molecule has 1 saturated heterocycles. The van der Waals surface area contributed by atoms with Crippen LogP contribution in [0.1, 0.15) is 12.0 Å². The molecule has 168 valence electrons. The summed E-state index contributed by atoms with van der Waals surface area (Å²) in [7, 11) is 0. The van der Waals surface area contributed by atoms with Crippen molar-refractivity contribution in [1.82, 2.24) is 20.4 Å². The Morgan fingerprint density at radius 1 is 1.03 bits per heavy atom. The van der Waals surface area contributed by atoms with Crippen molar-refractivity contribution < 1.29 is 22.4 Å². The lowest BCUT2D eigenvalue weighted by atomic mass is 10.1. The van der Waals surface area contributed by atoms with Gasteiger partial charge in [-0.1, -0.05) is 0 Å². The molecule has 1 aliphatic rings. The van der Waals surface area contributed by atoms with Gasteiger partial charge < -0.3 is 15.5 Å². The van der Waals surface area contributed by atoms with Gasteiger partial charge in [0, 0.05) is 55.8 Å². The Morgan fingerprint density at radius 2 is 1.88 bits per heavy atom. The molecule has 2 aromatic carbocycles. The summed E-state index contributed by atoms with van der Waals surface area (Å²) in [6, 6.07) is 6.66. The average molecular weight is 447 g/mol. The largest absolute Gasteiger partial charge is 0.371 e. The lowest BCUT2D eigenvalue weighted by Gasteiger charge is -2.19. The van der Waals surface area contributed by atoms with Crippen molar-refractivity contribution in [3.63, 3.8) is 0 Å². The number of nitrogens with zero attached hydrogens (tertiary/aromatic N) is 3. The maximum atomic E-state index is 13.9. The SMILES string of the molecule is O=C(NCc1cnn(-c2ccc(F)cc2F)c1)NCC1CCN(c2ccc(F)c(F)c2)C1. The molecule has 0 spiro atoms. The molecule has 1 fully saturated rings. The van der Waals surface area contributed by atoms with Gasteiger partial charge in [-0.15, -0.1) is 0 Å². The van der Waals surface area contributed by atoms with Gasteiger partial charge in [0.25, 0.3) is 0 Å². The summed E-state index contributed by atoms with van der Waals surface area (Å²) in [5.41, 5.74) is 1.37. The van der Waals surface area contributed by atoms with E-state index in [-0.39, 0.29) is 24.2 Å². The van der Waals surface area contributed by atoms with E-state index in [9.17, 15) is 22.4 Å². The Bertz CT molecular complexity index is 1120. The van der Waals surface area contributed by atoms with Crippen LogP contribution in [0.5, 0.6) is 0 Å². The predicted molar refractivity (Wildman–Crippen MR) is 110 cm³/mol. The third-order valence-corrected chi connectivity index (χ3v) is 5.35. The van der Waals surface area contributed by atoms with Gasteiger partial charge in [0.2, 0.25) is 0 Å². The zero-order valence-corrected chi connectivity index (χ0v) is 17.0. The molecule has 1 unspecified atom stereocenters. The van der Waals surface area contributed by atoms with Crippen LogP contribution in [0.4, 0.5) is 28.0 Å². The zero-order valence-electron chi connectivity index (χ0n) is 17.0. The molecule has 2 amide bonds. The number of amides is 2. The van der Waals surface area contributed by atoms with E-state index in [1.807, 2.05) is 4.90 Å². The molecular weight excluding hydrogens is 426 g/mol. The first kappa shape index (κ1) is 21.7. The van der Waals surface area contributed by atoms with Gasteiger partial charge in [-0.05, 0) is 36.6 Å². The van der Waals surface area contributed by atoms with E-state index in [0.29, 0.717) is 30.9 Å². The topological polar surface area (TPSA) is 62.2 Å². The number of aromatic nitrogens is 2. The lowest BCUT2D eigenvalue weighted by Crippen LogP contribution is -2.38. The highest BCUT2D eigenvalue weighted by atomic mass is 19.2. The summed E-state index contributed by atoms with van der Waals surface area (Å²) in [4.78, 5) is 14.1. The van der Waals surface area contributed by atoms with Gasteiger partial charge in [0.1, 0.15) is 11.5 Å². The van der Waals surface area contributed by atoms with Crippen LogP contribution in [0.25, 0.3) is 5.69 Å². The molecule has 0 radical (unpaired) electrons. The minimum absolute atomic E-state index is 0.105. The molecule has 32 heavy (non-hydrogen) atoms. The molecule has 1 aliphatic heterocycles. The highest BCUT2D eigenvalue weighted by Crippen LogP contribution is 2.25. The number of halogens is 4. The van der Waals surface area contributed by atoms with E-state index in [0.717, 1.165) is 24.6 Å². The van der Waals surface area contributed by atoms with Crippen molar-refractivity contribution in [2.24, 2.45) is 5.92 Å². The standard InChI is InChI=1S/C22H21F4N5O/c23-16-1-4-21(20(26)7-16)31-13-15(11-29-31)10-28-22(32)27-9-14-5-6-30(12-14)17-2-3-18(24)19(25)8-17/h1-4,7-8,11,13-14H,5-6,9-10,12H2,(H2,27,28,32). The molecule has 0 aliphatic carbocycles. The second-order valence-corrected chi connectivity index (χ2v) is 7.65. The van der Waals surface area contributed by atoms with E-state index >= 15 is 0 Å². The summed E-state index contributed by atoms with van der Waals surface area (Å²) in [6.45, 7) is 1.94. The fourth-order valence-electron chi connectivity index (χ4n) is 3.65. The van der Waals surface area contributed by atoms with E-state index in [2.05, 4.69) is 15.7 Å². The van der Waals surface area contributed by atoms with E-state index in [1.165, 1.54) is 23.0 Å². The molecule has 0 bridgehead atoms. The van der Waals surface area contributed by atoms with Crippen LogP contribution in [0.3, 0.4) is 0 Å². The molecule has 4 rings (SSSR count). The van der Waals surface area contributed by atoms with Crippen molar-refractivity contribution in [3.05, 3.63) is 77.6 Å². The smallest absolute Gasteiger partial charge is 0.315 e. The molecule has 1 aromatic heterocycles. The fraction of sp³-hybridized carbons (Fsp3) is 0.273. The number of urea groups is 1. The molecular formula is C22H21F4N5O. The molecule has 10 heteroatoms. The van der Waals surface area contributed by atoms with Gasteiger partial charge in [0.15, 0.2) is 17.5 Å². The third-order valence-electron chi connectivity index (χ3n) is 5.35. The number of hydrogen-bond donors (Lipinski definition) is 2. The van der Waals surface area contributed by atoms with Crippen LogP contribution in [-0.4, -0.2) is 35.4 Å². The second kappa shape index (κ2) is 9.29. The van der Waals surface area contributed by atoms with Gasteiger partial charge >= 0.3 is 6.03 Å². The number of nitrogens with one attached hydrogen (secondary N) is 2. The normalized spacial score (nSPS) is 15.8. The molecule has 3 aromatic rings. The quantitative estimate of drug-likeness (QED) is 0.566. The Kier molecular flexibility index (Phi) is 6.29. The van der Waals surface area contributed by atoms with Crippen LogP contribution in [0, 0.1) is 29.2 Å². The van der Waals surface area contributed by atoms with Crippen molar-refractivity contribution >= 4 is 11.7 Å². The number of hydrogen-bond acceptors (Lipinski definition) is 3. The van der Waals surface area contributed by atoms with Crippen LogP contribution < -0.4 is 15.5 Å². The molecule has 2 heterocycles. The first-order valence-electron chi connectivity index (χ1n) is 10.1. The van der Waals surface area contributed by atoms with Crippen molar-refractivity contribution in [3.8, 4) is 5.69 Å². The van der Waals surface area contributed by atoms with Gasteiger partial charge in [-0.3, -0.25) is 0 Å². The van der Waals surface area contributed by atoms with E-state index in [1.54, 1.807) is 12.3 Å². The van der Waals surface area contributed by atoms with Gasteiger partial charge in [-0.2, -0.15) is 5.10 Å². The van der Waals surface area contributed by atoms with Crippen LogP contribution >= 0.6 is 0 Å². The van der Waals surface area contributed by atoms with Crippen LogP contribution in [-0.2, 0) is 6.54 Å². The summed E-state index contributed by atoms with van der Waals surface area (Å²) >= 11 is 0. The molecule has 6 nitrogen and oxygen atoms in total. The fourth-order valence-corrected chi connectivity index (χ4v) is 3.65. The predicted octanol–water partition coefficient (Wildman–Crippen LogP) is 3.75. The minimum atomic E-state index is -0.881. The Labute approximate surface area is 181 Å². The molecule has 1 atom stereocenters. The summed E-state index contributed by atoms with van der Waals surface area (Å²) in [6.07, 6.45) is 3.85. The number of carbonyl (C=O) groups is 1. The third kappa shape index (κ3) is 5.01. The van der Waals surface area contributed by atoms with Crippen molar-refractivity contribution in [1.29, 1.82) is 0 Å². The molecule has 2 N–H and O–H groups in total. The highest BCUT2D eigenvalue weighted by molar-refractivity contribution is 5.73. The average Bonchev–Trinajstić information content (AvgIpc) is 3.42. The minimum Gasteiger partial charge on any atom is -0.371 e. The Balaban J connectivity index is 1.23. The van der Waals surface area contributed by atoms with Crippen molar-refractivity contribution in [2.45, 2.75) is 13.0 Å². The molecule has 0 saturated carbocycles. The van der Waals surface area contributed by atoms with E-state index < -0.39 is 23.3 Å². The first-order chi connectivity index (χ1) is 15.4. The second-order valence-electron chi connectivity index (χ2n) is 7.65. The van der Waals surface area contributed by atoms with Gasteiger partial charge in [-0.25, -0.2) is 27.0 Å². The maximum absolute atomic E-state index is 13.9. The monoisotopic (exact) mass is 447 g/mol. The first-order valence-corrected chi connectivity index (χ1v) is 10.1. The summed E-state index contributed by atoms with van der Waals surface area (Å²) in [5, 5.41) is 9.55. The van der Waals surface area contributed by atoms with Crippen LogP contribution in [0.2, 0.25) is 0 Å².